The summed E-state index contributed by atoms with van der Waals surface area (Å²) in [6.45, 7) is 6.68. The number of piperidine rings is 1. The molecule has 3 rings (SSSR count). The standard InChI is InChI=1S/C19H23BrN4O3S/c1-19(2,3)27-18(26)23-7-5-13(6-8-23)24-15(11-25)14(20)9-12-10-21-17(28-4)22-16(12)24/h9-10,13H,5-8H2,1-4H3. The van der Waals surface area contributed by atoms with Crippen LogP contribution >= 0.6 is 27.7 Å². The lowest BCUT2D eigenvalue weighted by Crippen LogP contribution is -2.48. The van der Waals surface area contributed by atoms with Crippen LogP contribution in [0.3, 0.4) is 0 Å². The van der Waals surface area contributed by atoms with Crippen LogP contribution in [-0.2, 0) is 9.53 Å². The Hall–Kier alpha value is -1.83. The van der Waals surface area contributed by atoms with Gasteiger partial charge in [0.2, 0.25) is 0 Å². The number of aromatic nitrogens is 2. The highest BCUT2D eigenvalue weighted by molar-refractivity contribution is 9.12. The smallest absolute Gasteiger partial charge is 0.410 e. The number of halogens is 1. The average Bonchev–Trinajstić information content (AvgIpc) is 2.65. The first-order valence-corrected chi connectivity index (χ1v) is 11.1. The van der Waals surface area contributed by atoms with E-state index in [4.69, 9.17) is 4.74 Å². The number of hydrogen-bond acceptors (Lipinski definition) is 7. The third-order valence-corrected chi connectivity index (χ3v) is 5.68. The summed E-state index contributed by atoms with van der Waals surface area (Å²) in [5.41, 5.74) is 0.751. The molecule has 0 spiro atoms. The van der Waals surface area contributed by atoms with Gasteiger partial charge in [-0.05, 0) is 61.9 Å². The second kappa shape index (κ2) is 8.27. The molecule has 9 heteroatoms. The van der Waals surface area contributed by atoms with E-state index < -0.39 is 5.60 Å². The van der Waals surface area contributed by atoms with Crippen molar-refractivity contribution in [1.82, 2.24) is 14.9 Å². The monoisotopic (exact) mass is 466 g/mol. The van der Waals surface area contributed by atoms with Crippen molar-refractivity contribution >= 4 is 51.6 Å². The molecule has 2 aliphatic rings. The van der Waals surface area contributed by atoms with Gasteiger partial charge < -0.3 is 14.5 Å². The second-order valence-electron chi connectivity index (χ2n) is 7.65. The molecule has 0 radical (unpaired) electrons. The van der Waals surface area contributed by atoms with Crippen molar-refractivity contribution in [1.29, 1.82) is 0 Å². The Kier molecular flexibility index (Phi) is 6.17. The van der Waals surface area contributed by atoms with E-state index in [0.29, 0.717) is 47.1 Å². The molecule has 1 saturated heterocycles. The molecule has 0 aliphatic carbocycles. The van der Waals surface area contributed by atoms with Gasteiger partial charge in [0.25, 0.3) is 0 Å². The van der Waals surface area contributed by atoms with E-state index in [1.54, 1.807) is 11.1 Å². The van der Waals surface area contributed by atoms with Gasteiger partial charge in [-0.3, -0.25) is 0 Å². The molecular weight excluding hydrogens is 444 g/mol. The molecule has 1 amide bonds. The second-order valence-corrected chi connectivity index (χ2v) is 9.27. The van der Waals surface area contributed by atoms with E-state index in [9.17, 15) is 9.59 Å². The Bertz CT molecular complexity index is 853. The largest absolute Gasteiger partial charge is 0.444 e. The van der Waals surface area contributed by atoms with Crippen LogP contribution in [0.15, 0.2) is 21.5 Å². The van der Waals surface area contributed by atoms with Crippen molar-refractivity contribution in [2.24, 2.45) is 0 Å². The van der Waals surface area contributed by atoms with E-state index in [-0.39, 0.29) is 12.1 Å². The molecule has 2 aliphatic heterocycles. The molecule has 150 valence electrons. The number of anilines is 1. The fourth-order valence-electron chi connectivity index (χ4n) is 3.27. The number of hydrogen-bond donors (Lipinski definition) is 0. The highest BCUT2D eigenvalue weighted by atomic mass is 79.9. The first-order chi connectivity index (χ1) is 13.2. The first kappa shape index (κ1) is 20.9. The zero-order valence-electron chi connectivity index (χ0n) is 16.4. The van der Waals surface area contributed by atoms with Gasteiger partial charge in [-0.25, -0.2) is 19.6 Å². The zero-order chi connectivity index (χ0) is 20.5. The van der Waals surface area contributed by atoms with Crippen LogP contribution in [0.4, 0.5) is 10.6 Å². The molecule has 1 fully saturated rings. The molecule has 0 aromatic carbocycles. The van der Waals surface area contributed by atoms with Gasteiger partial charge in [0.1, 0.15) is 17.1 Å². The van der Waals surface area contributed by atoms with Crippen LogP contribution in [0.2, 0.25) is 0 Å². The maximum Gasteiger partial charge on any atom is 0.410 e. The molecule has 0 saturated carbocycles. The molecule has 0 atom stereocenters. The molecule has 0 unspecified atom stereocenters. The number of allylic oxidation sites excluding steroid dienone is 1. The lowest BCUT2D eigenvalue weighted by atomic mass is 10.00. The minimum absolute atomic E-state index is 0.0275. The molecule has 0 bridgehead atoms. The number of thioether (sulfide) groups is 1. The third-order valence-electron chi connectivity index (χ3n) is 4.51. The minimum Gasteiger partial charge on any atom is -0.444 e. The topological polar surface area (TPSA) is 75.6 Å². The number of fused-ring (bicyclic) bond motifs is 1. The quantitative estimate of drug-likeness (QED) is 0.371. The van der Waals surface area contributed by atoms with Crippen molar-refractivity contribution < 1.29 is 14.3 Å². The van der Waals surface area contributed by atoms with E-state index in [1.807, 2.05) is 43.9 Å². The van der Waals surface area contributed by atoms with Crippen LogP contribution in [0.5, 0.6) is 0 Å². The summed E-state index contributed by atoms with van der Waals surface area (Å²) < 4.78 is 6.13. The number of likely N-dealkylation sites (tertiary alicyclic amines) is 1. The van der Waals surface area contributed by atoms with E-state index in [1.165, 1.54) is 11.8 Å². The van der Waals surface area contributed by atoms with Crippen molar-refractivity contribution in [2.75, 3.05) is 24.2 Å². The summed E-state index contributed by atoms with van der Waals surface area (Å²) in [7, 11) is 0. The normalized spacial score (nSPS) is 17.8. The van der Waals surface area contributed by atoms with Crippen LogP contribution < -0.4 is 4.90 Å². The zero-order valence-corrected chi connectivity index (χ0v) is 18.8. The number of amides is 1. The molecular formula is C19H23BrN4O3S. The van der Waals surface area contributed by atoms with Gasteiger partial charge in [0, 0.05) is 30.9 Å². The average molecular weight is 467 g/mol. The maximum absolute atomic E-state index is 12.3. The fourth-order valence-corrected chi connectivity index (χ4v) is 4.13. The predicted octanol–water partition coefficient (Wildman–Crippen LogP) is 3.87. The van der Waals surface area contributed by atoms with Crippen LogP contribution in [0, 0.1) is 0 Å². The number of carbonyl (C=O) groups excluding carboxylic acids is 2. The van der Waals surface area contributed by atoms with E-state index >= 15 is 0 Å². The summed E-state index contributed by atoms with van der Waals surface area (Å²) in [5, 5.41) is 0.645. The Morgan fingerprint density at radius 3 is 2.61 bits per heavy atom. The van der Waals surface area contributed by atoms with Gasteiger partial charge in [-0.2, -0.15) is 0 Å². The van der Waals surface area contributed by atoms with Crippen LogP contribution in [-0.4, -0.2) is 57.9 Å². The summed E-state index contributed by atoms with van der Waals surface area (Å²) >= 11 is 4.92. The highest BCUT2D eigenvalue weighted by Gasteiger charge is 2.35. The number of rotatable bonds is 2. The summed E-state index contributed by atoms with van der Waals surface area (Å²) in [4.78, 5) is 36.6. The number of ether oxygens (including phenoxy) is 1. The predicted molar refractivity (Wildman–Crippen MR) is 113 cm³/mol. The van der Waals surface area contributed by atoms with Gasteiger partial charge in [-0.1, -0.05) is 11.8 Å². The Morgan fingerprint density at radius 2 is 2.04 bits per heavy atom. The number of nitrogens with zero attached hydrogens (tertiary/aromatic N) is 4. The summed E-state index contributed by atoms with van der Waals surface area (Å²) in [5.74, 6) is 2.75. The third kappa shape index (κ3) is 4.42. The summed E-state index contributed by atoms with van der Waals surface area (Å²) in [6, 6.07) is 0.0275. The molecule has 1 aromatic rings. The van der Waals surface area contributed by atoms with Crippen molar-refractivity contribution in [2.45, 2.75) is 50.4 Å². The van der Waals surface area contributed by atoms with Crippen molar-refractivity contribution in [3.05, 3.63) is 21.9 Å². The molecule has 0 N–H and O–H groups in total. The van der Waals surface area contributed by atoms with E-state index in [2.05, 4.69) is 25.9 Å². The molecule has 7 nitrogen and oxygen atoms in total. The Morgan fingerprint density at radius 1 is 1.36 bits per heavy atom. The fraction of sp³-hybridized carbons (Fsp3) is 0.526. The minimum atomic E-state index is -0.520. The van der Waals surface area contributed by atoms with Crippen molar-refractivity contribution in [3.63, 3.8) is 0 Å². The lowest BCUT2D eigenvalue weighted by molar-refractivity contribution is 0.0206. The van der Waals surface area contributed by atoms with Crippen molar-refractivity contribution in [3.8, 4) is 0 Å². The molecule has 3 heterocycles. The first-order valence-electron chi connectivity index (χ1n) is 9.04. The SMILES string of the molecule is CSc1ncc2c(n1)N(C1CCN(C(=O)OC(C)(C)C)CC1)C(=C=O)C(Br)=C2. The van der Waals surface area contributed by atoms with Gasteiger partial charge in [0.05, 0.1) is 4.48 Å². The van der Waals surface area contributed by atoms with Gasteiger partial charge >= 0.3 is 6.09 Å². The molecule has 28 heavy (non-hydrogen) atoms. The lowest BCUT2D eigenvalue weighted by Gasteiger charge is -2.40. The Balaban J connectivity index is 1.83. The van der Waals surface area contributed by atoms with Crippen LogP contribution in [0.25, 0.3) is 6.08 Å². The van der Waals surface area contributed by atoms with Gasteiger partial charge in [0.15, 0.2) is 11.1 Å². The van der Waals surface area contributed by atoms with Crippen LogP contribution in [0.1, 0.15) is 39.2 Å². The van der Waals surface area contributed by atoms with Gasteiger partial charge in [-0.15, -0.1) is 0 Å². The molecule has 1 aromatic heterocycles. The summed E-state index contributed by atoms with van der Waals surface area (Å²) in [6.07, 6.45) is 6.61. The number of carbonyl (C=O) groups is 1. The maximum atomic E-state index is 12.3. The van der Waals surface area contributed by atoms with E-state index in [0.717, 1.165) is 5.56 Å². The highest BCUT2D eigenvalue weighted by Crippen LogP contribution is 2.39. The Labute approximate surface area is 177 Å².